The van der Waals surface area contributed by atoms with Crippen LogP contribution in [0.5, 0.6) is 0 Å². The quantitative estimate of drug-likeness (QED) is 0.254. The van der Waals surface area contributed by atoms with Crippen LogP contribution in [0.4, 0.5) is 5.69 Å². The highest BCUT2D eigenvalue weighted by atomic mass is 32.1. The van der Waals surface area contributed by atoms with Gasteiger partial charge in [-0.3, -0.25) is 10.1 Å². The number of hydrogen-bond acceptors (Lipinski definition) is 5. The second-order valence-electron chi connectivity index (χ2n) is 6.55. The Morgan fingerprint density at radius 2 is 1.50 bits per heavy atom. The Bertz CT molecular complexity index is 1260. The van der Waals surface area contributed by atoms with E-state index in [1.807, 2.05) is 48.0 Å². The first kappa shape index (κ1) is 19.5. The third-order valence-electron chi connectivity index (χ3n) is 4.57. The minimum absolute atomic E-state index is 0.0498. The van der Waals surface area contributed by atoms with Crippen LogP contribution in [0.3, 0.4) is 0 Å². The number of thiazole rings is 1. The second kappa shape index (κ2) is 8.67. The van der Waals surface area contributed by atoms with Crippen LogP contribution in [0, 0.1) is 10.1 Å². The van der Waals surface area contributed by atoms with Crippen molar-refractivity contribution in [2.24, 2.45) is 17.3 Å². The zero-order valence-electron chi connectivity index (χ0n) is 16.2. The molecule has 0 aliphatic carbocycles. The second-order valence-corrected chi connectivity index (χ2v) is 7.52. The van der Waals surface area contributed by atoms with E-state index < -0.39 is 4.92 Å². The maximum Gasteiger partial charge on any atom is 0.269 e. The summed E-state index contributed by atoms with van der Waals surface area (Å²) in [6.45, 7) is 0. The lowest BCUT2D eigenvalue weighted by atomic mass is 10.1. The van der Waals surface area contributed by atoms with Crippen molar-refractivity contribution >= 4 is 23.2 Å². The molecule has 6 nitrogen and oxygen atoms in total. The monoisotopic (exact) mass is 414 g/mol. The summed E-state index contributed by atoms with van der Waals surface area (Å²) in [4.78, 5) is 12.2. The van der Waals surface area contributed by atoms with Gasteiger partial charge in [-0.15, -0.1) is 5.10 Å². The van der Waals surface area contributed by atoms with Crippen molar-refractivity contribution in [1.82, 2.24) is 4.57 Å². The Balaban J connectivity index is 1.75. The van der Waals surface area contributed by atoms with Gasteiger partial charge in [0.15, 0.2) is 0 Å². The molecule has 3 aromatic carbocycles. The van der Waals surface area contributed by atoms with Crippen LogP contribution in [0.2, 0.25) is 0 Å². The molecule has 0 saturated heterocycles. The van der Waals surface area contributed by atoms with Crippen LogP contribution >= 0.6 is 11.3 Å². The van der Waals surface area contributed by atoms with Crippen LogP contribution in [0.1, 0.15) is 5.56 Å². The van der Waals surface area contributed by atoms with Crippen molar-refractivity contribution in [3.8, 4) is 21.7 Å². The molecule has 4 rings (SSSR count). The Hall–Kier alpha value is -3.84. The van der Waals surface area contributed by atoms with Crippen molar-refractivity contribution in [2.75, 3.05) is 0 Å². The number of benzene rings is 3. The summed E-state index contributed by atoms with van der Waals surface area (Å²) in [5, 5.41) is 19.4. The van der Waals surface area contributed by atoms with Gasteiger partial charge in [0.25, 0.3) is 5.69 Å². The molecule has 0 amide bonds. The first-order valence-corrected chi connectivity index (χ1v) is 10.1. The Morgan fingerprint density at radius 1 is 0.900 bits per heavy atom. The fraction of sp³-hybridized carbons (Fsp3) is 0.0435. The largest absolute Gasteiger partial charge is 0.318 e. The number of hydrogen-bond donors (Lipinski definition) is 0. The third-order valence-corrected chi connectivity index (χ3v) is 5.74. The summed E-state index contributed by atoms with van der Waals surface area (Å²) in [7, 11) is 1.98. The van der Waals surface area contributed by atoms with E-state index in [1.54, 1.807) is 29.7 Å². The Morgan fingerprint density at radius 3 is 2.10 bits per heavy atom. The SMILES string of the molecule is Cn1c(-c2ccccc2)c(-c2ccccc2)s/c1=N/N=C/c1ccc([N+](=O)[O-])cc1. The maximum atomic E-state index is 10.8. The van der Waals surface area contributed by atoms with E-state index in [0.717, 1.165) is 32.1 Å². The van der Waals surface area contributed by atoms with Crippen LogP contribution in [-0.2, 0) is 7.05 Å². The smallest absolute Gasteiger partial charge is 0.269 e. The fourth-order valence-electron chi connectivity index (χ4n) is 3.08. The molecule has 1 aromatic heterocycles. The zero-order valence-corrected chi connectivity index (χ0v) is 17.0. The van der Waals surface area contributed by atoms with Crippen LogP contribution in [-0.4, -0.2) is 15.7 Å². The summed E-state index contributed by atoms with van der Waals surface area (Å²) in [5.41, 5.74) is 4.11. The first-order valence-electron chi connectivity index (χ1n) is 9.25. The summed E-state index contributed by atoms with van der Waals surface area (Å²) in [5.74, 6) is 0. The lowest BCUT2D eigenvalue weighted by Crippen LogP contribution is -2.10. The maximum absolute atomic E-state index is 10.8. The average Bonchev–Trinajstić information content (AvgIpc) is 3.11. The molecule has 0 aliphatic heterocycles. The molecule has 0 saturated carbocycles. The van der Waals surface area contributed by atoms with Gasteiger partial charge in [0.05, 0.1) is 21.7 Å². The minimum Gasteiger partial charge on any atom is -0.318 e. The molecule has 0 bridgehead atoms. The van der Waals surface area contributed by atoms with E-state index in [1.165, 1.54) is 12.1 Å². The molecule has 0 N–H and O–H groups in total. The molecule has 1 heterocycles. The highest BCUT2D eigenvalue weighted by Crippen LogP contribution is 2.33. The Kier molecular flexibility index (Phi) is 5.63. The lowest BCUT2D eigenvalue weighted by Gasteiger charge is -2.07. The molecule has 0 fully saturated rings. The van der Waals surface area contributed by atoms with Gasteiger partial charge in [-0.1, -0.05) is 72.0 Å². The molecule has 0 unspecified atom stereocenters. The van der Waals surface area contributed by atoms with E-state index in [9.17, 15) is 10.1 Å². The van der Waals surface area contributed by atoms with E-state index in [4.69, 9.17) is 0 Å². The van der Waals surface area contributed by atoms with Crippen LogP contribution < -0.4 is 4.80 Å². The molecule has 0 aliphatic rings. The summed E-state index contributed by atoms with van der Waals surface area (Å²) in [6.07, 6.45) is 1.59. The van der Waals surface area contributed by atoms with Crippen molar-refractivity contribution in [1.29, 1.82) is 0 Å². The molecular formula is C23H18N4O2S. The van der Waals surface area contributed by atoms with Gasteiger partial charge in [0, 0.05) is 19.2 Å². The molecule has 0 spiro atoms. The topological polar surface area (TPSA) is 72.8 Å². The molecule has 0 radical (unpaired) electrons. The molecule has 148 valence electrons. The number of nitrogens with zero attached hydrogens (tertiary/aromatic N) is 4. The van der Waals surface area contributed by atoms with Gasteiger partial charge in [0.1, 0.15) is 0 Å². The van der Waals surface area contributed by atoms with E-state index in [2.05, 4.69) is 34.5 Å². The number of nitro benzene ring substituents is 1. The highest BCUT2D eigenvalue weighted by molar-refractivity contribution is 7.13. The third kappa shape index (κ3) is 4.11. The van der Waals surface area contributed by atoms with Crippen LogP contribution in [0.15, 0.2) is 95.1 Å². The number of rotatable bonds is 5. The minimum atomic E-state index is -0.423. The van der Waals surface area contributed by atoms with Crippen molar-refractivity contribution in [3.63, 3.8) is 0 Å². The van der Waals surface area contributed by atoms with Gasteiger partial charge >= 0.3 is 0 Å². The molecular weight excluding hydrogens is 396 g/mol. The van der Waals surface area contributed by atoms with Gasteiger partial charge in [-0.2, -0.15) is 5.10 Å². The fourth-order valence-corrected chi connectivity index (χ4v) is 4.18. The standard InChI is InChI=1S/C23H18N4O2S/c1-26-21(18-8-4-2-5-9-18)22(19-10-6-3-7-11-19)30-23(26)25-24-16-17-12-14-20(15-13-17)27(28)29/h2-16H,1H3/b24-16+,25-23+. The van der Waals surface area contributed by atoms with Crippen LogP contribution in [0.25, 0.3) is 21.7 Å². The lowest BCUT2D eigenvalue weighted by molar-refractivity contribution is -0.384. The van der Waals surface area contributed by atoms with E-state index in [-0.39, 0.29) is 5.69 Å². The summed E-state index contributed by atoms with van der Waals surface area (Å²) >= 11 is 1.57. The van der Waals surface area contributed by atoms with Gasteiger partial charge in [-0.25, -0.2) is 0 Å². The number of non-ortho nitro benzene ring substituents is 1. The number of aromatic nitrogens is 1. The summed E-state index contributed by atoms with van der Waals surface area (Å²) < 4.78 is 2.04. The normalized spacial score (nSPS) is 11.8. The van der Waals surface area contributed by atoms with Crippen molar-refractivity contribution in [3.05, 3.63) is 105 Å². The average molecular weight is 414 g/mol. The predicted octanol–water partition coefficient (Wildman–Crippen LogP) is 5.26. The molecule has 4 aromatic rings. The zero-order chi connectivity index (χ0) is 20.9. The van der Waals surface area contributed by atoms with E-state index >= 15 is 0 Å². The molecule has 7 heteroatoms. The predicted molar refractivity (Wildman–Crippen MR) is 120 cm³/mol. The van der Waals surface area contributed by atoms with Gasteiger partial charge < -0.3 is 4.57 Å². The van der Waals surface area contributed by atoms with Gasteiger partial charge in [-0.05, 0) is 28.8 Å². The first-order chi connectivity index (χ1) is 14.6. The van der Waals surface area contributed by atoms with Crippen molar-refractivity contribution < 1.29 is 4.92 Å². The number of nitro groups is 1. The Labute approximate surface area is 177 Å². The summed E-state index contributed by atoms with van der Waals surface area (Å²) in [6, 6.07) is 26.6. The molecule has 30 heavy (non-hydrogen) atoms. The van der Waals surface area contributed by atoms with Crippen molar-refractivity contribution in [2.45, 2.75) is 0 Å². The highest BCUT2D eigenvalue weighted by Gasteiger charge is 2.14. The van der Waals surface area contributed by atoms with E-state index in [0.29, 0.717) is 0 Å². The molecule has 0 atom stereocenters. The van der Waals surface area contributed by atoms with Gasteiger partial charge in [0.2, 0.25) is 4.80 Å².